The molecule has 142 valence electrons. The second-order valence-electron chi connectivity index (χ2n) is 3.63. The van der Waals surface area contributed by atoms with E-state index < -0.39 is 42.2 Å². The van der Waals surface area contributed by atoms with Gasteiger partial charge in [-0.05, 0) is 0 Å². The fourth-order valence-corrected chi connectivity index (χ4v) is 0.888. The third kappa shape index (κ3) is 3.75. The molecule has 17 heteroatoms. The number of halogens is 16. The predicted molar refractivity (Wildman–Crippen MR) is 45.2 cm³/mol. The molecule has 0 bridgehead atoms. The van der Waals surface area contributed by atoms with Crippen molar-refractivity contribution in [2.45, 2.75) is 35.8 Å². The van der Waals surface area contributed by atoms with E-state index in [9.17, 15) is 65.9 Å². The summed E-state index contributed by atoms with van der Waals surface area (Å²) < 4.78 is 181. The van der Waals surface area contributed by atoms with Crippen molar-refractivity contribution in [3.05, 3.63) is 6.43 Å². The fraction of sp³-hybridized carbons (Fsp3) is 0.857. The van der Waals surface area contributed by atoms with Crippen LogP contribution in [0.15, 0.2) is 0 Å². The van der Waals surface area contributed by atoms with E-state index >= 15 is 0 Å². The van der Waals surface area contributed by atoms with E-state index in [0.717, 1.165) is 0 Å². The SMILES string of the molecule is F[C-](F)C(F)(F)C(F)(F)C(F)(F)C(F)(F)C(F)(F)C(F)(F)F.[Zn+][Br]. The standard InChI is InChI=1S/C7F15.BrH.Zn/c8-1(9)2(10,11)3(12,13)4(14,15)5(16,17)6(18,19)7(20,21)22;;/h;1H;/q-1;;+2/p-1. The maximum absolute atomic E-state index is 12.6. The molecule has 0 saturated carbocycles. The summed E-state index contributed by atoms with van der Waals surface area (Å²) in [4.78, 5) is 0. The van der Waals surface area contributed by atoms with Gasteiger partial charge in [0.2, 0.25) is 0 Å². The predicted octanol–water partition coefficient (Wildman–Crippen LogP) is 6.00. The van der Waals surface area contributed by atoms with Gasteiger partial charge < -0.3 is 8.78 Å². The van der Waals surface area contributed by atoms with E-state index in [2.05, 4.69) is 13.6 Å². The zero-order valence-electron chi connectivity index (χ0n) is 10.3. The minimum absolute atomic E-state index is 1.19. The molecule has 0 radical (unpaired) electrons. The molecule has 0 aliphatic heterocycles. The van der Waals surface area contributed by atoms with Crippen LogP contribution in [-0.2, 0) is 16.3 Å². The number of alkyl halides is 13. The van der Waals surface area contributed by atoms with E-state index in [1.807, 2.05) is 0 Å². The molecular weight excluding hydrogens is 514 g/mol. The van der Waals surface area contributed by atoms with Crippen molar-refractivity contribution in [2.75, 3.05) is 0 Å². The van der Waals surface area contributed by atoms with Gasteiger partial charge in [-0.3, -0.25) is 0 Å². The zero-order chi connectivity index (χ0) is 20.6. The molecule has 0 aromatic heterocycles. The van der Waals surface area contributed by atoms with Gasteiger partial charge in [0.1, 0.15) is 0 Å². The Morgan fingerprint density at radius 2 is 0.750 bits per heavy atom. The summed E-state index contributed by atoms with van der Waals surface area (Å²) in [5.74, 6) is -39.6. The second kappa shape index (κ2) is 7.35. The molecule has 0 unspecified atom stereocenters. The van der Waals surface area contributed by atoms with Crippen LogP contribution >= 0.6 is 13.6 Å². The van der Waals surface area contributed by atoms with E-state index in [4.69, 9.17) is 0 Å². The van der Waals surface area contributed by atoms with Crippen molar-refractivity contribution in [2.24, 2.45) is 0 Å². The van der Waals surface area contributed by atoms with Crippen LogP contribution in [-0.4, -0.2) is 35.8 Å². The molecule has 0 saturated heterocycles. The first-order valence-corrected chi connectivity index (χ1v) is 11.6. The van der Waals surface area contributed by atoms with Crippen molar-refractivity contribution in [1.29, 1.82) is 0 Å². The van der Waals surface area contributed by atoms with Crippen molar-refractivity contribution in [1.82, 2.24) is 0 Å². The van der Waals surface area contributed by atoms with Gasteiger partial charge in [-0.1, -0.05) is 0 Å². The Morgan fingerprint density at radius 3 is 0.958 bits per heavy atom. The fourth-order valence-electron chi connectivity index (χ4n) is 0.888. The maximum atomic E-state index is 12.6. The van der Waals surface area contributed by atoms with Crippen LogP contribution in [0, 0.1) is 6.43 Å². The van der Waals surface area contributed by atoms with Gasteiger partial charge in [-0.2, -0.15) is 48.3 Å². The molecule has 0 nitrogen and oxygen atoms in total. The molecule has 24 heavy (non-hydrogen) atoms. The summed E-state index contributed by atoms with van der Waals surface area (Å²) in [6, 6.07) is 0. The molecule has 0 N–H and O–H groups in total. The quantitative estimate of drug-likeness (QED) is 0.240. The Hall–Kier alpha value is 0.0534. The van der Waals surface area contributed by atoms with Gasteiger partial charge in [-0.15, -0.1) is 0 Å². The van der Waals surface area contributed by atoms with Crippen LogP contribution in [0.25, 0.3) is 0 Å². The van der Waals surface area contributed by atoms with Crippen LogP contribution in [0.1, 0.15) is 0 Å². The molecule has 0 rings (SSSR count). The molecule has 0 heterocycles. The van der Waals surface area contributed by atoms with Crippen molar-refractivity contribution < 1.29 is 82.2 Å². The number of hydrogen-bond donors (Lipinski definition) is 0. The molecule has 0 atom stereocenters. The van der Waals surface area contributed by atoms with Gasteiger partial charge in [0.15, 0.2) is 0 Å². The Bertz CT molecular complexity index is 413. The summed E-state index contributed by atoms with van der Waals surface area (Å²) in [5.41, 5.74) is 0. The zero-order valence-corrected chi connectivity index (χ0v) is 14.8. The van der Waals surface area contributed by atoms with Crippen LogP contribution < -0.4 is 0 Å². The monoisotopic (exact) mass is 512 g/mol. The summed E-state index contributed by atoms with van der Waals surface area (Å²) in [6.07, 6.45) is -12.5. The molecule has 0 fully saturated rings. The van der Waals surface area contributed by atoms with Crippen molar-refractivity contribution in [3.8, 4) is 0 Å². The normalized spacial score (nSPS) is 15.3. The molecular formula is C7BrF15Zn. The van der Waals surface area contributed by atoms with E-state index in [1.54, 1.807) is 0 Å². The van der Waals surface area contributed by atoms with Gasteiger partial charge >= 0.3 is 59.8 Å². The Morgan fingerprint density at radius 1 is 0.500 bits per heavy atom. The van der Waals surface area contributed by atoms with Gasteiger partial charge in [-0.25, -0.2) is 8.78 Å². The Balaban J connectivity index is 0. The molecule has 0 amide bonds. The first-order valence-electron chi connectivity index (χ1n) is 4.60. The third-order valence-electron chi connectivity index (χ3n) is 2.17. The van der Waals surface area contributed by atoms with Crippen LogP contribution in [0.4, 0.5) is 65.9 Å². The third-order valence-corrected chi connectivity index (χ3v) is 2.17. The van der Waals surface area contributed by atoms with Gasteiger partial charge in [0.25, 0.3) is 5.92 Å². The van der Waals surface area contributed by atoms with Crippen LogP contribution in [0.2, 0.25) is 0 Å². The summed E-state index contributed by atoms with van der Waals surface area (Å²) in [6.45, 7) is 0. The molecule has 0 aromatic carbocycles. The molecule has 0 aliphatic carbocycles. The molecule has 0 aliphatic rings. The first kappa shape index (κ1) is 26.3. The van der Waals surface area contributed by atoms with Crippen LogP contribution in [0.3, 0.4) is 0 Å². The van der Waals surface area contributed by atoms with Gasteiger partial charge in [0, 0.05) is 0 Å². The van der Waals surface area contributed by atoms with Gasteiger partial charge in [0.05, 0.1) is 6.43 Å². The number of rotatable bonds is 5. The summed E-state index contributed by atoms with van der Waals surface area (Å²) in [5, 5.41) is 0. The number of hydrogen-bond acceptors (Lipinski definition) is 0. The Kier molecular flexibility index (Phi) is 8.05. The topological polar surface area (TPSA) is 0 Å². The molecule has 0 spiro atoms. The average Bonchev–Trinajstić information content (AvgIpc) is 2.38. The Labute approximate surface area is 138 Å². The van der Waals surface area contributed by atoms with Crippen molar-refractivity contribution >= 4 is 13.6 Å². The second-order valence-corrected chi connectivity index (χ2v) is 3.63. The first-order chi connectivity index (χ1) is 10.2. The van der Waals surface area contributed by atoms with Crippen LogP contribution in [0.5, 0.6) is 0 Å². The minimum atomic E-state index is -8.19. The van der Waals surface area contributed by atoms with E-state index in [-0.39, 0.29) is 0 Å². The van der Waals surface area contributed by atoms with E-state index in [0.29, 0.717) is 0 Å². The molecule has 0 aromatic rings. The summed E-state index contributed by atoms with van der Waals surface area (Å²) in [7, 11) is 0. The van der Waals surface area contributed by atoms with Crippen molar-refractivity contribution in [3.63, 3.8) is 0 Å². The average molecular weight is 514 g/mol. The summed E-state index contributed by atoms with van der Waals surface area (Å²) >= 11 is 4.25. The van der Waals surface area contributed by atoms with E-state index in [1.165, 1.54) is 16.3 Å².